The molecule has 0 rings (SSSR count). The smallest absolute Gasteiger partial charge is 0.403 e. The molecule has 0 aromatic rings. The summed E-state index contributed by atoms with van der Waals surface area (Å²) >= 11 is 0. The molecule has 0 aromatic carbocycles. The molecule has 7 heteroatoms. The van der Waals surface area contributed by atoms with Gasteiger partial charge >= 0.3 is 6.18 Å². The first kappa shape index (κ1) is 13.1. The van der Waals surface area contributed by atoms with Gasteiger partial charge in [0.15, 0.2) is 0 Å². The number of aliphatic hydroxyl groups excluding tert-OH is 2. The van der Waals surface area contributed by atoms with Gasteiger partial charge in [0.25, 0.3) is 0 Å². The van der Waals surface area contributed by atoms with Crippen molar-refractivity contribution in [1.82, 2.24) is 5.32 Å². The van der Waals surface area contributed by atoms with Crippen LogP contribution in [-0.4, -0.2) is 35.6 Å². The van der Waals surface area contributed by atoms with E-state index < -0.39 is 18.8 Å². The molecule has 0 saturated carbocycles. The monoisotopic (exact) mass is 214 g/mol. The summed E-state index contributed by atoms with van der Waals surface area (Å²) in [5, 5.41) is 19.5. The molecule has 1 atom stereocenters. The van der Waals surface area contributed by atoms with Crippen molar-refractivity contribution in [3.8, 4) is 0 Å². The van der Waals surface area contributed by atoms with Crippen LogP contribution >= 0.6 is 0 Å². The van der Waals surface area contributed by atoms with Crippen molar-refractivity contribution >= 4 is 0 Å². The van der Waals surface area contributed by atoms with Gasteiger partial charge in [-0.25, -0.2) is 0 Å². The highest BCUT2D eigenvalue weighted by molar-refractivity contribution is 5.03. The summed E-state index contributed by atoms with van der Waals surface area (Å²) in [5.41, 5.74) is 4.86. The Hall–Kier alpha value is -0.950. The number of halogens is 3. The van der Waals surface area contributed by atoms with Crippen molar-refractivity contribution in [1.29, 1.82) is 0 Å². The third-order valence-corrected chi connectivity index (χ3v) is 1.43. The first-order chi connectivity index (χ1) is 6.40. The zero-order valence-electron chi connectivity index (χ0n) is 7.38. The maximum absolute atomic E-state index is 11.7. The summed E-state index contributed by atoms with van der Waals surface area (Å²) in [4.78, 5) is 0. The van der Waals surface area contributed by atoms with Crippen molar-refractivity contribution < 1.29 is 23.4 Å². The topological polar surface area (TPSA) is 78.5 Å². The predicted molar refractivity (Wildman–Crippen MR) is 44.0 cm³/mol. The minimum Gasteiger partial charge on any atom is -0.403 e. The van der Waals surface area contributed by atoms with Crippen LogP contribution in [0.25, 0.3) is 0 Å². The number of nitrogens with one attached hydrogen (secondary N) is 1. The molecule has 0 aliphatic heterocycles. The second kappa shape index (κ2) is 5.71. The van der Waals surface area contributed by atoms with Gasteiger partial charge in [0.2, 0.25) is 0 Å². The summed E-state index contributed by atoms with van der Waals surface area (Å²) in [6, 6.07) is 0. The van der Waals surface area contributed by atoms with Gasteiger partial charge in [-0.1, -0.05) is 0 Å². The fourth-order valence-electron chi connectivity index (χ4n) is 0.768. The van der Waals surface area contributed by atoms with Crippen LogP contribution in [-0.2, 0) is 0 Å². The van der Waals surface area contributed by atoms with Crippen LogP contribution in [0.2, 0.25) is 0 Å². The molecule has 0 aromatic heterocycles. The van der Waals surface area contributed by atoms with Crippen molar-refractivity contribution in [3.63, 3.8) is 0 Å². The van der Waals surface area contributed by atoms with E-state index in [2.05, 4.69) is 0 Å². The average Bonchev–Trinajstić information content (AvgIpc) is 2.03. The molecule has 0 radical (unpaired) electrons. The highest BCUT2D eigenvalue weighted by Crippen LogP contribution is 2.13. The molecular formula is C7H13F3N2O2. The van der Waals surface area contributed by atoms with Crippen molar-refractivity contribution in [2.75, 3.05) is 13.2 Å². The predicted octanol–water partition coefficient (Wildman–Crippen LogP) is -0.318. The van der Waals surface area contributed by atoms with Gasteiger partial charge in [0.05, 0.1) is 11.8 Å². The fourth-order valence-corrected chi connectivity index (χ4v) is 0.768. The van der Waals surface area contributed by atoms with E-state index in [0.29, 0.717) is 0 Å². The van der Waals surface area contributed by atoms with Gasteiger partial charge in [-0.05, 0) is 0 Å². The van der Waals surface area contributed by atoms with Gasteiger partial charge in [0.1, 0.15) is 6.54 Å². The minimum absolute atomic E-state index is 0.0616. The molecule has 0 spiro atoms. The SMILES string of the molecule is N/C=C(\NCC(F)(F)F)C(O)CCO. The van der Waals surface area contributed by atoms with E-state index in [0.717, 1.165) is 6.20 Å². The van der Waals surface area contributed by atoms with E-state index in [1.165, 1.54) is 0 Å². The Labute approximate surface area is 79.2 Å². The summed E-state index contributed by atoms with van der Waals surface area (Å²) in [6.45, 7) is -1.59. The number of alkyl halides is 3. The Kier molecular flexibility index (Phi) is 5.32. The number of nitrogens with two attached hydrogens (primary N) is 1. The molecule has 0 aliphatic carbocycles. The van der Waals surface area contributed by atoms with Gasteiger partial charge in [-0.2, -0.15) is 13.2 Å². The quantitative estimate of drug-likeness (QED) is 0.506. The molecule has 5 N–H and O–H groups in total. The summed E-state index contributed by atoms with van der Waals surface area (Å²) in [6.07, 6.45) is -4.78. The number of hydrogen-bond acceptors (Lipinski definition) is 4. The first-order valence-corrected chi connectivity index (χ1v) is 3.92. The summed E-state index contributed by atoms with van der Waals surface area (Å²) in [7, 11) is 0. The number of hydrogen-bond donors (Lipinski definition) is 4. The van der Waals surface area contributed by atoms with E-state index in [-0.39, 0.29) is 18.7 Å². The van der Waals surface area contributed by atoms with Crippen LogP contribution in [0.15, 0.2) is 11.9 Å². The van der Waals surface area contributed by atoms with Gasteiger partial charge in [-0.3, -0.25) is 0 Å². The molecule has 0 fully saturated rings. The molecule has 0 aliphatic rings. The lowest BCUT2D eigenvalue weighted by atomic mass is 10.2. The van der Waals surface area contributed by atoms with Crippen molar-refractivity contribution in [2.45, 2.75) is 18.7 Å². The Morgan fingerprint density at radius 1 is 1.50 bits per heavy atom. The standard InChI is InChI=1S/C7H13F3N2O2/c8-7(9,10)4-12-5(3-11)6(14)1-2-13/h3,6,12-14H,1-2,4,11H2/b5-3-. The minimum atomic E-state index is -4.37. The maximum Gasteiger partial charge on any atom is 0.405 e. The average molecular weight is 214 g/mol. The van der Waals surface area contributed by atoms with E-state index in [9.17, 15) is 13.2 Å². The Morgan fingerprint density at radius 2 is 2.07 bits per heavy atom. The third-order valence-electron chi connectivity index (χ3n) is 1.43. The first-order valence-electron chi connectivity index (χ1n) is 3.92. The Bertz CT molecular complexity index is 194. The van der Waals surface area contributed by atoms with Crippen LogP contribution in [0.3, 0.4) is 0 Å². The summed E-state index contributed by atoms with van der Waals surface area (Å²) in [5.74, 6) is 0. The van der Waals surface area contributed by atoms with Gasteiger partial charge in [0, 0.05) is 19.2 Å². The van der Waals surface area contributed by atoms with E-state index >= 15 is 0 Å². The highest BCUT2D eigenvalue weighted by atomic mass is 19.4. The lowest BCUT2D eigenvalue weighted by Crippen LogP contribution is -2.33. The van der Waals surface area contributed by atoms with E-state index in [1.807, 2.05) is 5.32 Å². The fraction of sp³-hybridized carbons (Fsp3) is 0.714. The molecule has 0 heterocycles. The second-order valence-corrected chi connectivity index (χ2v) is 2.62. The lowest BCUT2D eigenvalue weighted by molar-refractivity contribution is -0.123. The molecule has 14 heavy (non-hydrogen) atoms. The maximum atomic E-state index is 11.7. The number of aliphatic hydroxyl groups is 2. The zero-order chi connectivity index (χ0) is 11.2. The van der Waals surface area contributed by atoms with Gasteiger partial charge < -0.3 is 21.3 Å². The number of rotatable bonds is 5. The molecule has 4 nitrogen and oxygen atoms in total. The third kappa shape index (κ3) is 5.65. The Morgan fingerprint density at radius 3 is 2.43 bits per heavy atom. The van der Waals surface area contributed by atoms with Crippen LogP contribution < -0.4 is 11.1 Å². The molecule has 0 bridgehead atoms. The van der Waals surface area contributed by atoms with Gasteiger partial charge in [-0.15, -0.1) is 0 Å². The largest absolute Gasteiger partial charge is 0.405 e. The summed E-state index contributed by atoms with van der Waals surface area (Å²) < 4.78 is 35.2. The van der Waals surface area contributed by atoms with E-state index in [4.69, 9.17) is 15.9 Å². The normalized spacial score (nSPS) is 15.4. The van der Waals surface area contributed by atoms with Crippen LogP contribution in [0, 0.1) is 0 Å². The van der Waals surface area contributed by atoms with Crippen LogP contribution in [0.1, 0.15) is 6.42 Å². The highest BCUT2D eigenvalue weighted by Gasteiger charge is 2.27. The zero-order valence-corrected chi connectivity index (χ0v) is 7.38. The molecule has 84 valence electrons. The van der Waals surface area contributed by atoms with E-state index in [1.54, 1.807) is 0 Å². The van der Waals surface area contributed by atoms with Crippen LogP contribution in [0.5, 0.6) is 0 Å². The molecule has 0 amide bonds. The van der Waals surface area contributed by atoms with Crippen molar-refractivity contribution in [3.05, 3.63) is 11.9 Å². The molecule has 1 unspecified atom stereocenters. The molecule has 0 saturated heterocycles. The lowest BCUT2D eigenvalue weighted by Gasteiger charge is -2.16. The molecular weight excluding hydrogens is 201 g/mol. The second-order valence-electron chi connectivity index (χ2n) is 2.62. The van der Waals surface area contributed by atoms with Crippen molar-refractivity contribution in [2.24, 2.45) is 5.73 Å². The Balaban J connectivity index is 4.05. The van der Waals surface area contributed by atoms with Crippen LogP contribution in [0.4, 0.5) is 13.2 Å².